The SMILES string of the molecule is NCCC(O)C(=O)OCC1CC1. The third-order valence-electron chi connectivity index (χ3n) is 1.87. The fourth-order valence-corrected chi connectivity index (χ4v) is 0.856. The first-order valence-corrected chi connectivity index (χ1v) is 4.29. The number of nitrogens with two attached hydrogens (primary N) is 1. The van der Waals surface area contributed by atoms with Crippen molar-refractivity contribution < 1.29 is 14.6 Å². The monoisotopic (exact) mass is 173 g/mol. The molecule has 0 aliphatic heterocycles. The minimum atomic E-state index is -1.03. The van der Waals surface area contributed by atoms with Gasteiger partial charge in [0.1, 0.15) is 0 Å². The second-order valence-corrected chi connectivity index (χ2v) is 3.17. The molecule has 0 aromatic rings. The Morgan fingerprint density at radius 1 is 1.67 bits per heavy atom. The lowest BCUT2D eigenvalue weighted by Gasteiger charge is -2.08. The van der Waals surface area contributed by atoms with Gasteiger partial charge in [-0.2, -0.15) is 0 Å². The van der Waals surface area contributed by atoms with Gasteiger partial charge in [0.25, 0.3) is 0 Å². The van der Waals surface area contributed by atoms with E-state index in [1.807, 2.05) is 0 Å². The molecule has 1 atom stereocenters. The molecule has 0 aromatic carbocycles. The molecule has 0 bridgehead atoms. The molecule has 1 unspecified atom stereocenters. The van der Waals surface area contributed by atoms with E-state index in [0.717, 1.165) is 12.8 Å². The van der Waals surface area contributed by atoms with Crippen molar-refractivity contribution in [1.82, 2.24) is 0 Å². The maximum atomic E-state index is 10.9. The van der Waals surface area contributed by atoms with Gasteiger partial charge in [-0.15, -0.1) is 0 Å². The summed E-state index contributed by atoms with van der Waals surface area (Å²) >= 11 is 0. The molecular weight excluding hydrogens is 158 g/mol. The molecule has 12 heavy (non-hydrogen) atoms. The van der Waals surface area contributed by atoms with Crippen LogP contribution in [0.15, 0.2) is 0 Å². The first kappa shape index (κ1) is 9.48. The summed E-state index contributed by atoms with van der Waals surface area (Å²) < 4.78 is 4.84. The Labute approximate surface area is 71.7 Å². The van der Waals surface area contributed by atoms with E-state index >= 15 is 0 Å². The molecule has 0 saturated heterocycles. The third kappa shape index (κ3) is 3.19. The number of carbonyl (C=O) groups is 1. The van der Waals surface area contributed by atoms with Crippen molar-refractivity contribution in [2.24, 2.45) is 11.7 Å². The Bertz CT molecular complexity index is 156. The summed E-state index contributed by atoms with van der Waals surface area (Å²) in [4.78, 5) is 10.9. The van der Waals surface area contributed by atoms with Gasteiger partial charge in [0, 0.05) is 0 Å². The molecule has 1 fully saturated rings. The zero-order valence-electron chi connectivity index (χ0n) is 7.03. The number of ether oxygens (including phenoxy) is 1. The van der Waals surface area contributed by atoms with Crippen LogP contribution in [0, 0.1) is 5.92 Å². The maximum Gasteiger partial charge on any atom is 0.335 e. The van der Waals surface area contributed by atoms with Crippen LogP contribution in [0.1, 0.15) is 19.3 Å². The van der Waals surface area contributed by atoms with Crippen LogP contribution < -0.4 is 5.73 Å². The van der Waals surface area contributed by atoms with Crippen molar-refractivity contribution >= 4 is 5.97 Å². The number of esters is 1. The number of carbonyl (C=O) groups excluding carboxylic acids is 1. The molecular formula is C8H15NO3. The molecule has 0 spiro atoms. The van der Waals surface area contributed by atoms with Gasteiger partial charge < -0.3 is 15.6 Å². The summed E-state index contributed by atoms with van der Waals surface area (Å²) in [5.74, 6) is 0.00590. The van der Waals surface area contributed by atoms with Gasteiger partial charge in [0.2, 0.25) is 0 Å². The van der Waals surface area contributed by atoms with Crippen LogP contribution in [-0.4, -0.2) is 30.3 Å². The zero-order valence-corrected chi connectivity index (χ0v) is 7.03. The van der Waals surface area contributed by atoms with Crippen molar-refractivity contribution in [3.05, 3.63) is 0 Å². The number of aliphatic hydroxyl groups excluding tert-OH is 1. The number of hydrogen-bond donors (Lipinski definition) is 2. The van der Waals surface area contributed by atoms with E-state index < -0.39 is 12.1 Å². The van der Waals surface area contributed by atoms with E-state index in [1.54, 1.807) is 0 Å². The van der Waals surface area contributed by atoms with Crippen LogP contribution in [0.25, 0.3) is 0 Å². The van der Waals surface area contributed by atoms with Crippen LogP contribution in [0.3, 0.4) is 0 Å². The van der Waals surface area contributed by atoms with E-state index in [1.165, 1.54) is 0 Å². The van der Waals surface area contributed by atoms with E-state index in [0.29, 0.717) is 19.1 Å². The molecule has 1 rings (SSSR count). The van der Waals surface area contributed by atoms with E-state index in [4.69, 9.17) is 15.6 Å². The molecule has 1 aliphatic rings. The Morgan fingerprint density at radius 2 is 2.33 bits per heavy atom. The van der Waals surface area contributed by atoms with Crippen LogP contribution in [0.4, 0.5) is 0 Å². The Hall–Kier alpha value is -0.610. The molecule has 1 saturated carbocycles. The Balaban J connectivity index is 2.07. The number of rotatable bonds is 5. The summed E-state index contributed by atoms with van der Waals surface area (Å²) in [5.41, 5.74) is 5.17. The van der Waals surface area contributed by atoms with Crippen molar-refractivity contribution in [2.75, 3.05) is 13.2 Å². The summed E-state index contributed by atoms with van der Waals surface area (Å²) in [6.07, 6.45) is 1.53. The van der Waals surface area contributed by atoms with Gasteiger partial charge in [-0.1, -0.05) is 0 Å². The van der Waals surface area contributed by atoms with Gasteiger partial charge in [-0.25, -0.2) is 4.79 Å². The van der Waals surface area contributed by atoms with Crippen LogP contribution in [0.5, 0.6) is 0 Å². The second kappa shape index (κ2) is 4.42. The van der Waals surface area contributed by atoms with Crippen LogP contribution in [0.2, 0.25) is 0 Å². The van der Waals surface area contributed by atoms with Crippen LogP contribution in [-0.2, 0) is 9.53 Å². The zero-order chi connectivity index (χ0) is 8.97. The fourth-order valence-electron chi connectivity index (χ4n) is 0.856. The highest BCUT2D eigenvalue weighted by molar-refractivity contribution is 5.74. The molecule has 0 radical (unpaired) electrons. The minimum Gasteiger partial charge on any atom is -0.463 e. The number of aliphatic hydroxyl groups is 1. The van der Waals surface area contributed by atoms with Gasteiger partial charge in [0.05, 0.1) is 6.61 Å². The molecule has 3 N–H and O–H groups in total. The molecule has 0 amide bonds. The third-order valence-corrected chi connectivity index (χ3v) is 1.87. The topological polar surface area (TPSA) is 72.5 Å². The van der Waals surface area contributed by atoms with Gasteiger partial charge in [0.15, 0.2) is 6.10 Å². The number of hydrogen-bond acceptors (Lipinski definition) is 4. The smallest absolute Gasteiger partial charge is 0.335 e. The standard InChI is InChI=1S/C8H15NO3/c9-4-3-7(10)8(11)12-5-6-1-2-6/h6-7,10H,1-5,9H2. The predicted octanol–water partition coefficient (Wildman–Crippen LogP) is -0.351. The molecule has 4 nitrogen and oxygen atoms in total. The summed E-state index contributed by atoms with van der Waals surface area (Å²) in [6.45, 7) is 0.764. The largest absolute Gasteiger partial charge is 0.463 e. The average molecular weight is 173 g/mol. The Kier molecular flexibility index (Phi) is 3.49. The first-order chi connectivity index (χ1) is 5.74. The summed E-state index contributed by atoms with van der Waals surface area (Å²) in [7, 11) is 0. The summed E-state index contributed by atoms with van der Waals surface area (Å²) in [5, 5.41) is 9.10. The van der Waals surface area contributed by atoms with Gasteiger partial charge >= 0.3 is 5.97 Å². The lowest BCUT2D eigenvalue weighted by atomic mass is 10.2. The highest BCUT2D eigenvalue weighted by Crippen LogP contribution is 2.28. The van der Waals surface area contributed by atoms with Gasteiger partial charge in [-0.05, 0) is 31.7 Å². The van der Waals surface area contributed by atoms with Crippen molar-refractivity contribution in [2.45, 2.75) is 25.4 Å². The molecule has 70 valence electrons. The van der Waals surface area contributed by atoms with Gasteiger partial charge in [-0.3, -0.25) is 0 Å². The lowest BCUT2D eigenvalue weighted by molar-refractivity contribution is -0.154. The highest BCUT2D eigenvalue weighted by atomic mass is 16.5. The molecule has 1 aliphatic carbocycles. The van der Waals surface area contributed by atoms with Crippen molar-refractivity contribution in [1.29, 1.82) is 0 Å². The highest BCUT2D eigenvalue weighted by Gasteiger charge is 2.24. The normalized spacial score (nSPS) is 18.8. The van der Waals surface area contributed by atoms with Crippen molar-refractivity contribution in [3.8, 4) is 0 Å². The predicted molar refractivity (Wildman–Crippen MR) is 43.4 cm³/mol. The minimum absolute atomic E-state index is 0.281. The van der Waals surface area contributed by atoms with Crippen LogP contribution >= 0.6 is 0 Å². The lowest BCUT2D eigenvalue weighted by Crippen LogP contribution is -2.26. The van der Waals surface area contributed by atoms with E-state index in [9.17, 15) is 4.79 Å². The molecule has 0 heterocycles. The van der Waals surface area contributed by atoms with Crippen molar-refractivity contribution in [3.63, 3.8) is 0 Å². The summed E-state index contributed by atoms with van der Waals surface area (Å²) in [6, 6.07) is 0. The Morgan fingerprint density at radius 3 is 2.83 bits per heavy atom. The van der Waals surface area contributed by atoms with E-state index in [-0.39, 0.29) is 6.42 Å². The first-order valence-electron chi connectivity index (χ1n) is 4.29. The maximum absolute atomic E-state index is 10.9. The molecule has 4 heteroatoms. The van der Waals surface area contributed by atoms with E-state index in [2.05, 4.69) is 0 Å². The average Bonchev–Trinajstić information content (AvgIpc) is 2.83. The quantitative estimate of drug-likeness (QED) is 0.557. The fraction of sp³-hybridized carbons (Fsp3) is 0.875. The molecule has 0 aromatic heterocycles. The second-order valence-electron chi connectivity index (χ2n) is 3.17.